The fourth-order valence-electron chi connectivity index (χ4n) is 5.12. The molecule has 0 spiro atoms. The van der Waals surface area contributed by atoms with Crippen molar-refractivity contribution in [3.63, 3.8) is 0 Å². The molecule has 1 aromatic heterocycles. The van der Waals surface area contributed by atoms with Gasteiger partial charge >= 0.3 is 0 Å². The lowest BCUT2D eigenvalue weighted by Gasteiger charge is -2.39. The Hall–Kier alpha value is -2.70. The van der Waals surface area contributed by atoms with Crippen molar-refractivity contribution >= 4 is 38.3 Å². The van der Waals surface area contributed by atoms with Gasteiger partial charge in [-0.15, -0.1) is 11.3 Å². The van der Waals surface area contributed by atoms with Crippen molar-refractivity contribution in [1.29, 1.82) is 0 Å². The van der Waals surface area contributed by atoms with Crippen LogP contribution in [0, 0.1) is 5.92 Å². The summed E-state index contributed by atoms with van der Waals surface area (Å²) in [6, 6.07) is 3.81. The second kappa shape index (κ2) is 10.7. The van der Waals surface area contributed by atoms with Crippen LogP contribution in [0.15, 0.2) is 34.7 Å². The molecule has 2 amide bonds. The van der Waals surface area contributed by atoms with E-state index in [9.17, 15) is 18.0 Å². The highest BCUT2D eigenvalue weighted by molar-refractivity contribution is 7.89. The molecule has 0 bridgehead atoms. The maximum atomic E-state index is 13.3. The van der Waals surface area contributed by atoms with Gasteiger partial charge in [-0.25, -0.2) is 13.4 Å². The number of amides is 2. The van der Waals surface area contributed by atoms with E-state index >= 15 is 0 Å². The second-order valence-electron chi connectivity index (χ2n) is 9.31. The molecule has 2 aromatic rings. The minimum Gasteiger partial charge on any atom is -0.486 e. The van der Waals surface area contributed by atoms with E-state index in [2.05, 4.69) is 10.3 Å². The van der Waals surface area contributed by atoms with Gasteiger partial charge in [-0.05, 0) is 24.5 Å². The normalized spacial score (nSPS) is 20.2. The molecule has 10 nitrogen and oxygen atoms in total. The Morgan fingerprint density at radius 2 is 1.92 bits per heavy atom. The summed E-state index contributed by atoms with van der Waals surface area (Å²) in [6.07, 6.45) is 7.70. The predicted molar refractivity (Wildman–Crippen MR) is 134 cm³/mol. The number of benzene rings is 1. The Balaban J connectivity index is 1.31. The number of piperazine rings is 1. The van der Waals surface area contributed by atoms with Crippen LogP contribution in [0.4, 0.5) is 5.13 Å². The van der Waals surface area contributed by atoms with Crippen molar-refractivity contribution in [1.82, 2.24) is 14.2 Å². The number of carbonyl (C=O) groups excluding carboxylic acids is 2. The number of thiazole rings is 1. The first-order valence-corrected chi connectivity index (χ1v) is 14.6. The zero-order chi connectivity index (χ0) is 25.1. The lowest BCUT2D eigenvalue weighted by molar-refractivity contribution is -0.142. The van der Waals surface area contributed by atoms with Crippen LogP contribution in [-0.4, -0.2) is 73.3 Å². The monoisotopic (exact) mass is 534 g/mol. The SMILES string of the molecule is O=C(Nc1nccs1)[C@H](CC1CCCCC1)N1CCN(S(=O)(=O)c2ccc3c(c2)OCCO3)CC1=O. The van der Waals surface area contributed by atoms with E-state index in [-0.39, 0.29) is 36.3 Å². The van der Waals surface area contributed by atoms with E-state index in [1.807, 2.05) is 0 Å². The molecule has 3 aliphatic rings. The number of nitrogens with zero attached hydrogens (tertiary/aromatic N) is 3. The van der Waals surface area contributed by atoms with Crippen LogP contribution in [0.1, 0.15) is 38.5 Å². The molecule has 1 N–H and O–H groups in total. The maximum Gasteiger partial charge on any atom is 0.248 e. The van der Waals surface area contributed by atoms with Crippen LogP contribution in [-0.2, 0) is 19.6 Å². The largest absolute Gasteiger partial charge is 0.486 e. The summed E-state index contributed by atoms with van der Waals surface area (Å²) < 4.78 is 38.8. The fraction of sp³-hybridized carbons (Fsp3) is 0.542. The number of hydrogen-bond acceptors (Lipinski definition) is 8. The first-order chi connectivity index (χ1) is 17.4. The number of nitrogens with one attached hydrogen (secondary N) is 1. The van der Waals surface area contributed by atoms with E-state index in [0.29, 0.717) is 42.2 Å². The molecule has 1 saturated carbocycles. The van der Waals surface area contributed by atoms with Crippen molar-refractivity contribution in [3.05, 3.63) is 29.8 Å². The summed E-state index contributed by atoms with van der Waals surface area (Å²) in [7, 11) is -3.92. The van der Waals surface area contributed by atoms with Gasteiger partial charge in [0.05, 0.1) is 11.4 Å². The third-order valence-electron chi connectivity index (χ3n) is 7.00. The van der Waals surface area contributed by atoms with E-state index in [0.717, 1.165) is 25.7 Å². The van der Waals surface area contributed by atoms with Crippen LogP contribution in [0.2, 0.25) is 0 Å². The molecule has 0 radical (unpaired) electrons. The van der Waals surface area contributed by atoms with Gasteiger partial charge in [0.2, 0.25) is 21.8 Å². The van der Waals surface area contributed by atoms with Gasteiger partial charge in [0.15, 0.2) is 16.6 Å². The van der Waals surface area contributed by atoms with Crippen molar-refractivity contribution < 1.29 is 27.5 Å². The lowest BCUT2D eigenvalue weighted by Crippen LogP contribution is -2.58. The summed E-state index contributed by atoms with van der Waals surface area (Å²) in [5.74, 6) is 0.583. The third kappa shape index (κ3) is 5.35. The number of anilines is 1. The van der Waals surface area contributed by atoms with Gasteiger partial charge in [0.1, 0.15) is 19.3 Å². The van der Waals surface area contributed by atoms with E-state index in [1.165, 1.54) is 34.2 Å². The Bertz CT molecular complexity index is 1200. The van der Waals surface area contributed by atoms with Crippen molar-refractivity contribution in [2.75, 3.05) is 38.2 Å². The van der Waals surface area contributed by atoms with E-state index < -0.39 is 16.1 Å². The first kappa shape index (κ1) is 25.0. The number of carbonyl (C=O) groups is 2. The van der Waals surface area contributed by atoms with E-state index in [4.69, 9.17) is 9.47 Å². The quantitative estimate of drug-likeness (QED) is 0.580. The highest BCUT2D eigenvalue weighted by Crippen LogP contribution is 2.34. The topological polar surface area (TPSA) is 118 Å². The number of fused-ring (bicyclic) bond motifs is 1. The van der Waals surface area contributed by atoms with Gasteiger partial charge in [-0.1, -0.05) is 32.1 Å². The highest BCUT2D eigenvalue weighted by Gasteiger charge is 2.39. The number of hydrogen-bond donors (Lipinski definition) is 1. The van der Waals surface area contributed by atoms with Gasteiger partial charge in [0.25, 0.3) is 0 Å². The molecule has 1 aliphatic carbocycles. The number of sulfonamides is 1. The highest BCUT2D eigenvalue weighted by atomic mass is 32.2. The van der Waals surface area contributed by atoms with Crippen molar-refractivity contribution in [2.24, 2.45) is 5.92 Å². The molecule has 2 fully saturated rings. The van der Waals surface area contributed by atoms with Crippen LogP contribution >= 0.6 is 11.3 Å². The lowest BCUT2D eigenvalue weighted by atomic mass is 9.84. The first-order valence-electron chi connectivity index (χ1n) is 12.3. The standard InChI is InChI=1S/C24H30N4O6S2/c29-22-16-27(36(31,32)18-6-7-20-21(15-18)34-12-11-33-20)9-10-28(22)19(14-17-4-2-1-3-5-17)23(30)26-24-25-8-13-35-24/h6-8,13,15,17,19H,1-5,9-12,14,16H2,(H,25,26,30)/t19-/m0/s1. The van der Waals surface area contributed by atoms with Gasteiger partial charge in [-0.3, -0.25) is 9.59 Å². The molecular formula is C24H30N4O6S2. The molecule has 1 aromatic carbocycles. The minimum atomic E-state index is -3.92. The Morgan fingerprint density at radius 1 is 1.14 bits per heavy atom. The van der Waals surface area contributed by atoms with Crippen LogP contribution in [0.5, 0.6) is 11.5 Å². The molecule has 3 heterocycles. The van der Waals surface area contributed by atoms with Gasteiger partial charge in [-0.2, -0.15) is 4.31 Å². The Labute approximate surface area is 214 Å². The molecule has 194 valence electrons. The fourth-order valence-corrected chi connectivity index (χ4v) is 7.05. The zero-order valence-electron chi connectivity index (χ0n) is 19.9. The molecule has 36 heavy (non-hydrogen) atoms. The predicted octanol–water partition coefficient (Wildman–Crippen LogP) is 2.72. The smallest absolute Gasteiger partial charge is 0.248 e. The minimum absolute atomic E-state index is 0.0493. The molecule has 0 unspecified atom stereocenters. The average molecular weight is 535 g/mol. The summed E-state index contributed by atoms with van der Waals surface area (Å²) in [6.45, 7) is 0.689. The Kier molecular flexibility index (Phi) is 7.44. The molecule has 12 heteroatoms. The molecule has 1 atom stereocenters. The number of aromatic nitrogens is 1. The van der Waals surface area contributed by atoms with Crippen molar-refractivity contribution in [2.45, 2.75) is 49.5 Å². The maximum absolute atomic E-state index is 13.3. The summed E-state index contributed by atoms with van der Waals surface area (Å²) in [4.78, 5) is 32.3. The number of rotatable bonds is 7. The van der Waals surface area contributed by atoms with Crippen LogP contribution < -0.4 is 14.8 Å². The molecule has 1 saturated heterocycles. The zero-order valence-corrected chi connectivity index (χ0v) is 21.6. The number of ether oxygens (including phenoxy) is 2. The van der Waals surface area contributed by atoms with E-state index in [1.54, 1.807) is 22.5 Å². The van der Waals surface area contributed by atoms with Crippen LogP contribution in [0.3, 0.4) is 0 Å². The summed E-state index contributed by atoms with van der Waals surface area (Å²) >= 11 is 1.32. The Morgan fingerprint density at radius 3 is 2.64 bits per heavy atom. The average Bonchev–Trinajstić information content (AvgIpc) is 3.41. The second-order valence-corrected chi connectivity index (χ2v) is 12.1. The molecule has 5 rings (SSSR count). The third-order valence-corrected chi connectivity index (χ3v) is 9.53. The van der Waals surface area contributed by atoms with Gasteiger partial charge in [0, 0.05) is 30.7 Å². The molecular weight excluding hydrogens is 504 g/mol. The summed E-state index contributed by atoms with van der Waals surface area (Å²) in [5, 5.41) is 5.11. The van der Waals surface area contributed by atoms with Crippen LogP contribution in [0.25, 0.3) is 0 Å². The molecule has 2 aliphatic heterocycles. The van der Waals surface area contributed by atoms with Crippen molar-refractivity contribution in [3.8, 4) is 11.5 Å². The van der Waals surface area contributed by atoms with Gasteiger partial charge < -0.3 is 19.7 Å². The summed E-state index contributed by atoms with van der Waals surface area (Å²) in [5.41, 5.74) is 0.